The van der Waals surface area contributed by atoms with E-state index in [2.05, 4.69) is 15.7 Å². The predicted molar refractivity (Wildman–Crippen MR) is 75.5 cm³/mol. The van der Waals surface area contributed by atoms with Gasteiger partial charge in [0.1, 0.15) is 6.54 Å². The second kappa shape index (κ2) is 7.00. The molecule has 2 aromatic rings. The topological polar surface area (TPSA) is 91.0 Å². The quantitative estimate of drug-likeness (QED) is 0.749. The lowest BCUT2D eigenvalue weighted by atomic mass is 10.3. The molecule has 0 atom stereocenters. The minimum Gasteiger partial charge on any atom is -0.383 e. The van der Waals surface area contributed by atoms with Gasteiger partial charge in [-0.3, -0.25) is 4.79 Å². The molecule has 1 heterocycles. The Kier molecular flexibility index (Phi) is 5.07. The zero-order chi connectivity index (χ0) is 15.2. The third kappa shape index (κ3) is 3.67. The maximum Gasteiger partial charge on any atom is 0.369 e. The first-order chi connectivity index (χ1) is 10.1. The van der Waals surface area contributed by atoms with E-state index in [4.69, 9.17) is 16.3 Å². The third-order valence-corrected chi connectivity index (χ3v) is 2.96. The van der Waals surface area contributed by atoms with E-state index in [1.807, 2.05) is 0 Å². The van der Waals surface area contributed by atoms with Crippen molar-refractivity contribution in [1.82, 2.24) is 25.1 Å². The van der Waals surface area contributed by atoms with Crippen LogP contribution in [0, 0.1) is 0 Å². The number of para-hydroxylation sites is 1. The van der Waals surface area contributed by atoms with Crippen LogP contribution in [0.1, 0.15) is 0 Å². The van der Waals surface area contributed by atoms with Crippen molar-refractivity contribution in [3.63, 3.8) is 0 Å². The lowest BCUT2D eigenvalue weighted by molar-refractivity contribution is -0.122. The molecule has 0 aliphatic heterocycles. The van der Waals surface area contributed by atoms with Crippen LogP contribution in [0.3, 0.4) is 0 Å². The van der Waals surface area contributed by atoms with E-state index in [-0.39, 0.29) is 12.5 Å². The minimum atomic E-state index is -0.537. The van der Waals surface area contributed by atoms with Crippen molar-refractivity contribution < 1.29 is 9.53 Å². The van der Waals surface area contributed by atoms with Crippen LogP contribution in [-0.4, -0.2) is 46.0 Å². The Morgan fingerprint density at radius 3 is 2.86 bits per heavy atom. The number of ether oxygens (including phenoxy) is 1. The second-order valence-electron chi connectivity index (χ2n) is 4.13. The van der Waals surface area contributed by atoms with Crippen molar-refractivity contribution >= 4 is 17.5 Å². The number of nitrogens with one attached hydrogen (secondary N) is 1. The summed E-state index contributed by atoms with van der Waals surface area (Å²) in [5.41, 5.74) is -0.125. The van der Waals surface area contributed by atoms with Crippen molar-refractivity contribution in [3.8, 4) is 5.69 Å². The van der Waals surface area contributed by atoms with E-state index in [9.17, 15) is 9.59 Å². The fraction of sp³-hybridized carbons (Fsp3) is 0.333. The molecular weight excluding hydrogens is 298 g/mol. The number of hydrogen-bond acceptors (Lipinski definition) is 5. The number of halogens is 1. The van der Waals surface area contributed by atoms with Crippen molar-refractivity contribution in [3.05, 3.63) is 39.8 Å². The van der Waals surface area contributed by atoms with Gasteiger partial charge >= 0.3 is 5.69 Å². The highest BCUT2D eigenvalue weighted by Gasteiger charge is 2.13. The molecule has 8 nitrogen and oxygen atoms in total. The van der Waals surface area contributed by atoms with Crippen LogP contribution >= 0.6 is 11.6 Å². The molecule has 0 saturated heterocycles. The van der Waals surface area contributed by atoms with Gasteiger partial charge in [0.25, 0.3) is 0 Å². The molecule has 21 heavy (non-hydrogen) atoms. The van der Waals surface area contributed by atoms with Crippen LogP contribution in [0.2, 0.25) is 5.02 Å². The van der Waals surface area contributed by atoms with Crippen LogP contribution in [0.4, 0.5) is 0 Å². The highest BCUT2D eigenvalue weighted by Crippen LogP contribution is 2.16. The summed E-state index contributed by atoms with van der Waals surface area (Å²) in [6, 6.07) is 6.75. The Bertz CT molecular complexity index is 682. The molecule has 1 N–H and O–H groups in total. The number of benzene rings is 1. The molecule has 0 aliphatic rings. The second-order valence-corrected chi connectivity index (χ2v) is 4.53. The monoisotopic (exact) mass is 311 g/mol. The third-order valence-electron chi connectivity index (χ3n) is 2.64. The SMILES string of the molecule is COCCNC(=O)Cn1nnn(-c2ccccc2Cl)c1=O. The van der Waals surface area contributed by atoms with Gasteiger partial charge in [-0.15, -0.1) is 0 Å². The Labute approximate surface area is 125 Å². The van der Waals surface area contributed by atoms with Gasteiger partial charge < -0.3 is 10.1 Å². The summed E-state index contributed by atoms with van der Waals surface area (Å²) in [5, 5.41) is 10.4. The van der Waals surface area contributed by atoms with Crippen LogP contribution in [0.15, 0.2) is 29.1 Å². The number of hydrogen-bond donors (Lipinski definition) is 1. The van der Waals surface area contributed by atoms with E-state index in [0.29, 0.717) is 23.9 Å². The molecule has 0 spiro atoms. The number of carbonyl (C=O) groups excluding carboxylic acids is 1. The zero-order valence-corrected chi connectivity index (χ0v) is 12.1. The van der Waals surface area contributed by atoms with Crippen molar-refractivity contribution in [1.29, 1.82) is 0 Å². The maximum atomic E-state index is 12.1. The van der Waals surface area contributed by atoms with Crippen LogP contribution in [0.5, 0.6) is 0 Å². The summed E-state index contributed by atoms with van der Waals surface area (Å²) < 4.78 is 6.82. The van der Waals surface area contributed by atoms with E-state index in [1.165, 1.54) is 7.11 Å². The summed E-state index contributed by atoms with van der Waals surface area (Å²) >= 11 is 6.00. The Hall–Kier alpha value is -2.19. The number of carbonyl (C=O) groups is 1. The highest BCUT2D eigenvalue weighted by molar-refractivity contribution is 6.32. The van der Waals surface area contributed by atoms with Gasteiger partial charge in [-0.2, -0.15) is 9.36 Å². The fourth-order valence-corrected chi connectivity index (χ4v) is 1.85. The molecule has 0 unspecified atom stereocenters. The molecule has 1 aromatic carbocycles. The van der Waals surface area contributed by atoms with E-state index >= 15 is 0 Å². The summed E-state index contributed by atoms with van der Waals surface area (Å²) in [7, 11) is 1.53. The van der Waals surface area contributed by atoms with Gasteiger partial charge in [-0.25, -0.2) is 4.79 Å². The number of tetrazole rings is 1. The number of aromatic nitrogens is 4. The summed E-state index contributed by atoms with van der Waals surface area (Å²) in [5.74, 6) is -0.347. The average Bonchev–Trinajstić information content (AvgIpc) is 2.81. The molecule has 0 bridgehead atoms. The molecule has 112 valence electrons. The normalized spacial score (nSPS) is 10.6. The van der Waals surface area contributed by atoms with Crippen LogP contribution in [-0.2, 0) is 16.1 Å². The van der Waals surface area contributed by atoms with Crippen molar-refractivity contribution in [2.24, 2.45) is 0 Å². The Balaban J connectivity index is 2.13. The molecule has 0 saturated carbocycles. The lowest BCUT2D eigenvalue weighted by Crippen LogP contribution is -2.34. The molecular formula is C12H14ClN5O3. The van der Waals surface area contributed by atoms with E-state index < -0.39 is 5.69 Å². The smallest absolute Gasteiger partial charge is 0.369 e. The standard InChI is InChI=1S/C12H14ClN5O3/c1-21-7-6-14-11(19)8-17-12(20)18(16-15-17)10-5-3-2-4-9(10)13/h2-5H,6-8H2,1H3,(H,14,19). The zero-order valence-electron chi connectivity index (χ0n) is 11.3. The summed E-state index contributed by atoms with van der Waals surface area (Å²) in [6.45, 7) is 0.544. The fourth-order valence-electron chi connectivity index (χ4n) is 1.63. The number of methoxy groups -OCH3 is 1. The van der Waals surface area contributed by atoms with Gasteiger partial charge in [0, 0.05) is 13.7 Å². The molecule has 1 aromatic heterocycles. The van der Waals surface area contributed by atoms with Crippen LogP contribution in [0.25, 0.3) is 5.69 Å². The van der Waals surface area contributed by atoms with E-state index in [0.717, 1.165) is 9.36 Å². The number of amides is 1. The summed E-state index contributed by atoms with van der Waals surface area (Å²) in [6.07, 6.45) is 0. The molecule has 1 amide bonds. The molecule has 0 aliphatic carbocycles. The predicted octanol–water partition coefficient (Wildman–Crippen LogP) is -0.155. The van der Waals surface area contributed by atoms with Crippen molar-refractivity contribution in [2.45, 2.75) is 6.54 Å². The first-order valence-corrected chi connectivity index (χ1v) is 6.54. The summed E-state index contributed by atoms with van der Waals surface area (Å²) in [4.78, 5) is 23.7. The molecule has 0 radical (unpaired) electrons. The first-order valence-electron chi connectivity index (χ1n) is 6.17. The van der Waals surface area contributed by atoms with Gasteiger partial charge in [-0.1, -0.05) is 23.7 Å². The Morgan fingerprint density at radius 2 is 2.14 bits per heavy atom. The molecule has 0 fully saturated rings. The number of rotatable bonds is 6. The maximum absolute atomic E-state index is 12.1. The lowest BCUT2D eigenvalue weighted by Gasteiger charge is -2.03. The number of nitrogens with zero attached hydrogens (tertiary/aromatic N) is 4. The van der Waals surface area contributed by atoms with Gasteiger partial charge in [0.2, 0.25) is 5.91 Å². The van der Waals surface area contributed by atoms with Crippen molar-refractivity contribution in [2.75, 3.05) is 20.3 Å². The highest BCUT2D eigenvalue weighted by atomic mass is 35.5. The van der Waals surface area contributed by atoms with Gasteiger partial charge in [0.05, 0.1) is 17.3 Å². The van der Waals surface area contributed by atoms with Gasteiger partial charge in [-0.05, 0) is 22.6 Å². The first kappa shape index (κ1) is 15.2. The van der Waals surface area contributed by atoms with E-state index in [1.54, 1.807) is 24.3 Å². The molecule has 2 rings (SSSR count). The molecule has 9 heteroatoms. The average molecular weight is 312 g/mol. The Morgan fingerprint density at radius 1 is 1.38 bits per heavy atom. The van der Waals surface area contributed by atoms with Crippen LogP contribution < -0.4 is 11.0 Å². The minimum absolute atomic E-state index is 0.215. The van der Waals surface area contributed by atoms with Gasteiger partial charge in [0.15, 0.2) is 0 Å². The largest absolute Gasteiger partial charge is 0.383 e.